The summed E-state index contributed by atoms with van der Waals surface area (Å²) in [5.74, 6) is -0.622. The number of amides is 1. The molecule has 2 aromatic carbocycles. The van der Waals surface area contributed by atoms with Crippen molar-refractivity contribution in [3.63, 3.8) is 0 Å². The number of rotatable bonds is 4. The number of aliphatic carboxylic acids is 1. The summed E-state index contributed by atoms with van der Waals surface area (Å²) in [6, 6.07) is 14.7. The molecule has 4 nitrogen and oxygen atoms in total. The number of hydrogen-bond donors (Lipinski definition) is 2. The predicted octanol–water partition coefficient (Wildman–Crippen LogP) is 3.31. The zero-order chi connectivity index (χ0) is 16.7. The van der Waals surface area contributed by atoms with Gasteiger partial charge in [0.2, 0.25) is 5.91 Å². The number of carboxylic acids is 1. The van der Waals surface area contributed by atoms with E-state index in [1.54, 1.807) is 0 Å². The zero-order valence-corrected chi connectivity index (χ0v) is 13.4. The van der Waals surface area contributed by atoms with Gasteiger partial charge < -0.3 is 10.4 Å². The molecule has 2 aliphatic rings. The highest BCUT2D eigenvalue weighted by molar-refractivity contribution is 5.86. The third-order valence-corrected chi connectivity index (χ3v) is 5.46. The van der Waals surface area contributed by atoms with Crippen LogP contribution in [0.25, 0.3) is 10.8 Å². The molecule has 4 heteroatoms. The predicted molar refractivity (Wildman–Crippen MR) is 91.7 cm³/mol. The average Bonchev–Trinajstić information content (AvgIpc) is 3.26. The van der Waals surface area contributed by atoms with Gasteiger partial charge in [-0.05, 0) is 47.9 Å². The Morgan fingerprint density at radius 3 is 2.54 bits per heavy atom. The molecular formula is C20H21NO3. The first-order valence-electron chi connectivity index (χ1n) is 8.63. The standard InChI is InChI=1S/C20H21NO3/c22-19(21-16-8-7-15(10-16)20(23)24)18-11-17(18)14-6-5-12-3-1-2-4-13(12)9-14/h1-6,9,15-18H,7-8,10-11H2,(H,21,22)(H,23,24)/t15-,16+,17?,18?/m0/s1. The quantitative estimate of drug-likeness (QED) is 0.907. The van der Waals surface area contributed by atoms with Gasteiger partial charge in [-0.1, -0.05) is 42.5 Å². The third kappa shape index (κ3) is 2.88. The van der Waals surface area contributed by atoms with Crippen molar-refractivity contribution in [3.8, 4) is 0 Å². The number of hydrogen-bond acceptors (Lipinski definition) is 2. The Bertz CT molecular complexity index is 800. The van der Waals surface area contributed by atoms with Gasteiger partial charge in [0.1, 0.15) is 0 Å². The van der Waals surface area contributed by atoms with Crippen molar-refractivity contribution in [2.75, 3.05) is 0 Å². The van der Waals surface area contributed by atoms with Crippen LogP contribution in [0.1, 0.15) is 37.2 Å². The number of nitrogens with one attached hydrogen (secondary N) is 1. The largest absolute Gasteiger partial charge is 0.481 e. The van der Waals surface area contributed by atoms with Crippen molar-refractivity contribution in [2.24, 2.45) is 11.8 Å². The molecule has 24 heavy (non-hydrogen) atoms. The minimum atomic E-state index is -0.743. The Morgan fingerprint density at radius 1 is 1.00 bits per heavy atom. The van der Waals surface area contributed by atoms with E-state index in [0.717, 1.165) is 12.8 Å². The fourth-order valence-electron chi connectivity index (χ4n) is 3.94. The molecule has 0 saturated heterocycles. The topological polar surface area (TPSA) is 66.4 Å². The van der Waals surface area contributed by atoms with Crippen molar-refractivity contribution in [3.05, 3.63) is 48.0 Å². The normalized spacial score (nSPS) is 28.7. The third-order valence-electron chi connectivity index (χ3n) is 5.46. The SMILES string of the molecule is O=C(N[C@@H]1CC[C@H](C(=O)O)C1)C1CC1c1ccc2ccccc2c1. The van der Waals surface area contributed by atoms with E-state index in [1.165, 1.54) is 16.3 Å². The van der Waals surface area contributed by atoms with Crippen molar-refractivity contribution >= 4 is 22.6 Å². The first-order chi connectivity index (χ1) is 11.6. The monoisotopic (exact) mass is 323 g/mol. The lowest BCUT2D eigenvalue weighted by molar-refractivity contribution is -0.141. The Labute approximate surface area is 140 Å². The van der Waals surface area contributed by atoms with Gasteiger partial charge in [-0.25, -0.2) is 0 Å². The van der Waals surface area contributed by atoms with Crippen molar-refractivity contribution in [1.29, 1.82) is 0 Å². The van der Waals surface area contributed by atoms with Crippen LogP contribution in [0.3, 0.4) is 0 Å². The molecule has 0 spiro atoms. The Hall–Kier alpha value is -2.36. The molecule has 1 amide bonds. The number of carbonyl (C=O) groups excluding carboxylic acids is 1. The molecule has 2 saturated carbocycles. The van der Waals surface area contributed by atoms with Crippen LogP contribution < -0.4 is 5.32 Å². The maximum absolute atomic E-state index is 12.4. The summed E-state index contributed by atoms with van der Waals surface area (Å²) in [4.78, 5) is 23.4. The van der Waals surface area contributed by atoms with Gasteiger partial charge in [0.05, 0.1) is 5.92 Å². The number of carbonyl (C=O) groups is 2. The molecule has 2 aliphatic carbocycles. The van der Waals surface area contributed by atoms with Gasteiger partial charge in [0.15, 0.2) is 0 Å². The molecule has 0 aliphatic heterocycles. The van der Waals surface area contributed by atoms with Crippen LogP contribution in [0, 0.1) is 11.8 Å². The van der Waals surface area contributed by atoms with Crippen molar-refractivity contribution < 1.29 is 14.7 Å². The minimum absolute atomic E-state index is 0.0245. The van der Waals surface area contributed by atoms with Gasteiger partial charge in [-0.3, -0.25) is 9.59 Å². The number of benzene rings is 2. The van der Waals surface area contributed by atoms with E-state index in [2.05, 4.69) is 35.6 Å². The van der Waals surface area contributed by atoms with E-state index in [0.29, 0.717) is 18.8 Å². The molecule has 4 atom stereocenters. The molecule has 2 unspecified atom stereocenters. The van der Waals surface area contributed by atoms with Crippen LogP contribution in [-0.2, 0) is 9.59 Å². The molecule has 0 heterocycles. The summed E-state index contributed by atoms with van der Waals surface area (Å²) in [5.41, 5.74) is 1.23. The fraction of sp³-hybridized carbons (Fsp3) is 0.400. The van der Waals surface area contributed by atoms with Crippen LogP contribution in [0.4, 0.5) is 0 Å². The van der Waals surface area contributed by atoms with Gasteiger partial charge in [0.25, 0.3) is 0 Å². The van der Waals surface area contributed by atoms with Crippen LogP contribution in [0.15, 0.2) is 42.5 Å². The van der Waals surface area contributed by atoms with Gasteiger partial charge >= 0.3 is 5.97 Å². The summed E-state index contributed by atoms with van der Waals surface area (Å²) in [6.45, 7) is 0. The van der Waals surface area contributed by atoms with Crippen LogP contribution in [0.5, 0.6) is 0 Å². The highest BCUT2D eigenvalue weighted by Gasteiger charge is 2.45. The van der Waals surface area contributed by atoms with E-state index in [9.17, 15) is 9.59 Å². The first kappa shape index (κ1) is 15.2. The van der Waals surface area contributed by atoms with E-state index in [1.807, 2.05) is 12.1 Å². The summed E-state index contributed by atoms with van der Waals surface area (Å²) in [5, 5.41) is 14.5. The second kappa shape index (κ2) is 5.93. The molecule has 2 fully saturated rings. The average molecular weight is 323 g/mol. The van der Waals surface area contributed by atoms with Crippen LogP contribution in [-0.4, -0.2) is 23.0 Å². The van der Waals surface area contributed by atoms with E-state index < -0.39 is 5.97 Å². The Balaban J connectivity index is 1.38. The molecular weight excluding hydrogens is 302 g/mol. The second-order valence-electron chi connectivity index (χ2n) is 7.11. The molecule has 0 bridgehead atoms. The highest BCUT2D eigenvalue weighted by Crippen LogP contribution is 2.48. The van der Waals surface area contributed by atoms with Crippen molar-refractivity contribution in [1.82, 2.24) is 5.32 Å². The van der Waals surface area contributed by atoms with Crippen LogP contribution >= 0.6 is 0 Å². The van der Waals surface area contributed by atoms with E-state index in [4.69, 9.17) is 5.11 Å². The van der Waals surface area contributed by atoms with Crippen molar-refractivity contribution in [2.45, 2.75) is 37.6 Å². The lowest BCUT2D eigenvalue weighted by atomic mass is 10.0. The summed E-state index contributed by atoms with van der Waals surface area (Å²) >= 11 is 0. The van der Waals surface area contributed by atoms with Gasteiger partial charge in [-0.2, -0.15) is 0 Å². The molecule has 0 radical (unpaired) electrons. The van der Waals surface area contributed by atoms with E-state index >= 15 is 0 Å². The highest BCUT2D eigenvalue weighted by atomic mass is 16.4. The Kier molecular flexibility index (Phi) is 3.75. The lowest BCUT2D eigenvalue weighted by Crippen LogP contribution is -2.34. The minimum Gasteiger partial charge on any atom is -0.481 e. The molecule has 0 aromatic heterocycles. The molecule has 2 N–H and O–H groups in total. The van der Waals surface area contributed by atoms with Gasteiger partial charge in [0, 0.05) is 12.0 Å². The lowest BCUT2D eigenvalue weighted by Gasteiger charge is -2.12. The molecule has 4 rings (SSSR count). The zero-order valence-electron chi connectivity index (χ0n) is 13.4. The second-order valence-corrected chi connectivity index (χ2v) is 7.11. The fourth-order valence-corrected chi connectivity index (χ4v) is 3.94. The summed E-state index contributed by atoms with van der Waals surface area (Å²) in [6.07, 6.45) is 2.89. The van der Waals surface area contributed by atoms with E-state index in [-0.39, 0.29) is 23.8 Å². The summed E-state index contributed by atoms with van der Waals surface area (Å²) < 4.78 is 0. The number of carboxylic acid groups (broad SMARTS) is 1. The first-order valence-corrected chi connectivity index (χ1v) is 8.63. The molecule has 2 aromatic rings. The Morgan fingerprint density at radius 2 is 1.79 bits per heavy atom. The maximum Gasteiger partial charge on any atom is 0.306 e. The van der Waals surface area contributed by atoms with Crippen LogP contribution in [0.2, 0.25) is 0 Å². The smallest absolute Gasteiger partial charge is 0.306 e. The molecule has 124 valence electrons. The number of fused-ring (bicyclic) bond motifs is 1. The summed E-state index contributed by atoms with van der Waals surface area (Å²) in [7, 11) is 0. The van der Waals surface area contributed by atoms with Gasteiger partial charge in [-0.15, -0.1) is 0 Å². The maximum atomic E-state index is 12.4.